The van der Waals surface area contributed by atoms with E-state index in [4.69, 9.17) is 9.84 Å². The van der Waals surface area contributed by atoms with Crippen LogP contribution in [0, 0.1) is 13.8 Å². The first-order chi connectivity index (χ1) is 8.77. The van der Waals surface area contributed by atoms with Gasteiger partial charge in [0.2, 0.25) is 0 Å². The van der Waals surface area contributed by atoms with Crippen LogP contribution >= 0.6 is 0 Å². The third-order valence-corrected chi connectivity index (χ3v) is 3.27. The summed E-state index contributed by atoms with van der Waals surface area (Å²) in [4.78, 5) is 11.0. The second-order valence-corrected chi connectivity index (χ2v) is 5.37. The number of carboxylic acid groups (broad SMARTS) is 1. The largest absolute Gasteiger partial charge is 0.496 e. The minimum Gasteiger partial charge on any atom is -0.496 e. The smallest absolute Gasteiger partial charge is 0.323 e. The molecule has 0 unspecified atom stereocenters. The Hall–Kier alpha value is -1.55. The van der Waals surface area contributed by atoms with E-state index in [-0.39, 0.29) is 0 Å². The van der Waals surface area contributed by atoms with E-state index in [2.05, 4.69) is 11.4 Å². The highest BCUT2D eigenvalue weighted by atomic mass is 16.5. The van der Waals surface area contributed by atoms with E-state index in [0.29, 0.717) is 6.54 Å². The van der Waals surface area contributed by atoms with Crippen molar-refractivity contribution in [2.24, 2.45) is 0 Å². The Bertz CT molecular complexity index is 467. The number of aryl methyl sites for hydroxylation is 2. The van der Waals surface area contributed by atoms with Crippen LogP contribution in [0.2, 0.25) is 0 Å². The van der Waals surface area contributed by atoms with Crippen molar-refractivity contribution in [1.82, 2.24) is 5.32 Å². The van der Waals surface area contributed by atoms with Crippen LogP contribution in [0.1, 0.15) is 30.5 Å². The van der Waals surface area contributed by atoms with Gasteiger partial charge >= 0.3 is 5.97 Å². The third-order valence-electron chi connectivity index (χ3n) is 3.27. The van der Waals surface area contributed by atoms with Gasteiger partial charge in [0.15, 0.2) is 0 Å². The van der Waals surface area contributed by atoms with Gasteiger partial charge in [-0.15, -0.1) is 0 Å². The quantitative estimate of drug-likeness (QED) is 0.828. The maximum atomic E-state index is 11.0. The monoisotopic (exact) mass is 265 g/mol. The summed E-state index contributed by atoms with van der Waals surface area (Å²) in [6, 6.07) is 4.12. The standard InChI is InChI=1S/C15H23NO3/c1-10-8-11(2)12(13(9-10)19-5)6-7-16-15(3,4)14(17)18/h8-9,16H,6-7H2,1-5H3,(H,17,18). The minimum absolute atomic E-state index is 0.597. The van der Waals surface area contributed by atoms with Crippen LogP contribution in [0.3, 0.4) is 0 Å². The molecule has 1 aromatic rings. The van der Waals surface area contributed by atoms with E-state index < -0.39 is 11.5 Å². The van der Waals surface area contributed by atoms with Gasteiger partial charge < -0.3 is 15.2 Å². The second kappa shape index (κ2) is 6.06. The fourth-order valence-corrected chi connectivity index (χ4v) is 2.04. The number of carboxylic acids is 1. The molecule has 0 aliphatic carbocycles. The molecule has 4 heteroatoms. The summed E-state index contributed by atoms with van der Waals surface area (Å²) in [7, 11) is 1.66. The van der Waals surface area contributed by atoms with Gasteiger partial charge in [-0.3, -0.25) is 4.79 Å². The van der Waals surface area contributed by atoms with Crippen molar-refractivity contribution < 1.29 is 14.6 Å². The first-order valence-corrected chi connectivity index (χ1v) is 6.40. The summed E-state index contributed by atoms with van der Waals surface area (Å²) >= 11 is 0. The van der Waals surface area contributed by atoms with E-state index in [1.807, 2.05) is 19.9 Å². The Morgan fingerprint density at radius 1 is 1.37 bits per heavy atom. The third kappa shape index (κ3) is 3.96. The van der Waals surface area contributed by atoms with Crippen LogP contribution in [-0.2, 0) is 11.2 Å². The van der Waals surface area contributed by atoms with E-state index >= 15 is 0 Å². The van der Waals surface area contributed by atoms with Crippen LogP contribution in [0.25, 0.3) is 0 Å². The molecule has 106 valence electrons. The van der Waals surface area contributed by atoms with Crippen LogP contribution in [0.15, 0.2) is 12.1 Å². The number of ether oxygens (including phenoxy) is 1. The fourth-order valence-electron chi connectivity index (χ4n) is 2.04. The van der Waals surface area contributed by atoms with Crippen molar-refractivity contribution in [1.29, 1.82) is 0 Å². The molecule has 0 spiro atoms. The van der Waals surface area contributed by atoms with Gasteiger partial charge in [0.1, 0.15) is 11.3 Å². The number of nitrogens with one attached hydrogen (secondary N) is 1. The molecule has 0 aliphatic rings. The zero-order chi connectivity index (χ0) is 14.6. The number of aliphatic carboxylic acids is 1. The molecule has 0 radical (unpaired) electrons. The van der Waals surface area contributed by atoms with E-state index in [1.165, 1.54) is 5.56 Å². The van der Waals surface area contributed by atoms with Crippen LogP contribution in [0.5, 0.6) is 5.75 Å². The lowest BCUT2D eigenvalue weighted by atomic mass is 10.0. The molecule has 0 bridgehead atoms. The Labute approximate surface area is 114 Å². The summed E-state index contributed by atoms with van der Waals surface area (Å²) < 4.78 is 5.39. The van der Waals surface area contributed by atoms with Crippen molar-refractivity contribution in [2.75, 3.05) is 13.7 Å². The molecular formula is C15H23NO3. The lowest BCUT2D eigenvalue weighted by molar-refractivity contribution is -0.143. The zero-order valence-corrected chi connectivity index (χ0v) is 12.3. The normalized spacial score (nSPS) is 11.4. The minimum atomic E-state index is -0.911. The molecule has 0 aromatic heterocycles. The van der Waals surface area contributed by atoms with E-state index in [9.17, 15) is 4.79 Å². The molecule has 0 saturated heterocycles. The van der Waals surface area contributed by atoms with Gasteiger partial charge in [0.25, 0.3) is 0 Å². The second-order valence-electron chi connectivity index (χ2n) is 5.37. The predicted octanol–water partition coefficient (Wildman–Crippen LogP) is 2.31. The van der Waals surface area contributed by atoms with E-state index in [0.717, 1.165) is 23.3 Å². The van der Waals surface area contributed by atoms with Gasteiger partial charge in [0.05, 0.1) is 7.11 Å². The maximum absolute atomic E-state index is 11.0. The first-order valence-electron chi connectivity index (χ1n) is 6.40. The molecule has 0 aliphatic heterocycles. The molecule has 1 aromatic carbocycles. The Morgan fingerprint density at radius 2 is 2.00 bits per heavy atom. The lowest BCUT2D eigenvalue weighted by Gasteiger charge is -2.22. The summed E-state index contributed by atoms with van der Waals surface area (Å²) in [6.07, 6.45) is 0.742. The maximum Gasteiger partial charge on any atom is 0.323 e. The van der Waals surface area contributed by atoms with Gasteiger partial charge in [0, 0.05) is 6.54 Å². The topological polar surface area (TPSA) is 58.6 Å². The van der Waals surface area contributed by atoms with Gasteiger partial charge in [-0.2, -0.15) is 0 Å². The molecule has 19 heavy (non-hydrogen) atoms. The average Bonchev–Trinajstić information content (AvgIpc) is 2.30. The first kappa shape index (κ1) is 15.5. The molecule has 0 heterocycles. The molecule has 0 atom stereocenters. The van der Waals surface area contributed by atoms with Crippen molar-refractivity contribution in [3.8, 4) is 5.75 Å². The number of benzene rings is 1. The molecule has 1 rings (SSSR count). The molecule has 4 nitrogen and oxygen atoms in total. The Kier molecular flexibility index (Phi) is 4.95. The molecule has 0 saturated carbocycles. The number of carbonyl (C=O) groups is 1. The van der Waals surface area contributed by atoms with Crippen molar-refractivity contribution >= 4 is 5.97 Å². The number of methoxy groups -OCH3 is 1. The van der Waals surface area contributed by atoms with E-state index in [1.54, 1.807) is 21.0 Å². The highest BCUT2D eigenvalue weighted by Gasteiger charge is 2.25. The highest BCUT2D eigenvalue weighted by Crippen LogP contribution is 2.24. The highest BCUT2D eigenvalue weighted by molar-refractivity contribution is 5.77. The summed E-state index contributed by atoms with van der Waals surface area (Å²) in [5.41, 5.74) is 2.55. The molecular weight excluding hydrogens is 242 g/mol. The number of rotatable bonds is 6. The van der Waals surface area contributed by atoms with Crippen molar-refractivity contribution in [2.45, 2.75) is 39.7 Å². The molecule has 2 N–H and O–H groups in total. The van der Waals surface area contributed by atoms with Crippen LogP contribution in [0.4, 0.5) is 0 Å². The lowest BCUT2D eigenvalue weighted by Crippen LogP contribution is -2.47. The number of hydrogen-bond acceptors (Lipinski definition) is 3. The zero-order valence-electron chi connectivity index (χ0n) is 12.3. The summed E-state index contributed by atoms with van der Waals surface area (Å²) in [5, 5.41) is 12.1. The fraction of sp³-hybridized carbons (Fsp3) is 0.533. The average molecular weight is 265 g/mol. The van der Waals surface area contributed by atoms with Gasteiger partial charge in [-0.1, -0.05) is 6.07 Å². The Morgan fingerprint density at radius 3 is 2.53 bits per heavy atom. The predicted molar refractivity (Wildman–Crippen MR) is 75.9 cm³/mol. The summed E-state index contributed by atoms with van der Waals surface area (Å²) in [6.45, 7) is 8.00. The Balaban J connectivity index is 2.76. The molecule has 0 fully saturated rings. The van der Waals surface area contributed by atoms with Crippen LogP contribution < -0.4 is 10.1 Å². The van der Waals surface area contributed by atoms with Gasteiger partial charge in [-0.25, -0.2) is 0 Å². The van der Waals surface area contributed by atoms with Crippen LogP contribution in [-0.4, -0.2) is 30.3 Å². The van der Waals surface area contributed by atoms with Crippen molar-refractivity contribution in [3.05, 3.63) is 28.8 Å². The van der Waals surface area contributed by atoms with Crippen molar-refractivity contribution in [3.63, 3.8) is 0 Å². The summed E-state index contributed by atoms with van der Waals surface area (Å²) in [5.74, 6) is 0.0209. The SMILES string of the molecule is COc1cc(C)cc(C)c1CCNC(C)(C)C(=O)O. The number of hydrogen-bond donors (Lipinski definition) is 2. The van der Waals surface area contributed by atoms with Gasteiger partial charge in [-0.05, 0) is 56.9 Å². The molecule has 0 amide bonds.